The second-order valence-corrected chi connectivity index (χ2v) is 33.6. The quantitative estimate of drug-likeness (QED) is 0.0196. The van der Waals surface area contributed by atoms with Crippen LogP contribution in [0.15, 0.2) is 48.5 Å². The number of methoxy groups -OCH3 is 8. The van der Waals surface area contributed by atoms with Crippen LogP contribution in [0.2, 0.25) is 0 Å². The van der Waals surface area contributed by atoms with Crippen LogP contribution in [-0.4, -0.2) is 197 Å². The lowest BCUT2D eigenvalue weighted by atomic mass is 9.77. The normalized spacial score (nSPS) is 16.5. The van der Waals surface area contributed by atoms with Crippen LogP contribution in [-0.2, 0) is 57.5 Å². The lowest BCUT2D eigenvalue weighted by Crippen LogP contribution is -2.53. The van der Waals surface area contributed by atoms with Crippen molar-refractivity contribution in [3.05, 3.63) is 93.0 Å². The summed E-state index contributed by atoms with van der Waals surface area (Å²) < 4.78 is 50.8. The molecule has 0 unspecified atom stereocenters. The number of rotatable bonds is 44. The molecule has 32 nitrogen and oxygen atoms in total. The topological polar surface area (TPSA) is 456 Å². The highest BCUT2D eigenvalue weighted by Gasteiger charge is 2.41. The van der Waals surface area contributed by atoms with E-state index < -0.39 is 192 Å². The van der Waals surface area contributed by atoms with Gasteiger partial charge >= 0.3 is 23.9 Å². The van der Waals surface area contributed by atoms with E-state index in [1.807, 2.05) is 55.4 Å². The third-order valence-electron chi connectivity index (χ3n) is 21.2. The molecule has 8 atom stereocenters. The average Bonchev–Trinajstić information content (AvgIpc) is 0.744. The highest BCUT2D eigenvalue weighted by atomic mass is 16.5. The Balaban J connectivity index is 2.19. The van der Waals surface area contributed by atoms with Gasteiger partial charge in [0.1, 0.15) is 94.3 Å². The van der Waals surface area contributed by atoms with Crippen LogP contribution in [0.4, 0.5) is 0 Å². The molecule has 0 aliphatic heterocycles. The number of hydrogen-bond donors (Lipinski definition) is 12. The van der Waals surface area contributed by atoms with E-state index in [0.717, 1.165) is 0 Å². The minimum Gasteiger partial charge on any atom is -0.496 e. The van der Waals surface area contributed by atoms with Crippen molar-refractivity contribution in [1.29, 1.82) is 0 Å². The maximum Gasteiger partial charge on any atom is 0.326 e. The van der Waals surface area contributed by atoms with Crippen LogP contribution >= 0.6 is 0 Å². The fourth-order valence-electron chi connectivity index (χ4n) is 15.2. The van der Waals surface area contributed by atoms with Crippen molar-refractivity contribution in [2.45, 2.75) is 234 Å². The molecule has 0 saturated heterocycles. The zero-order chi connectivity index (χ0) is 90.3. The molecular formula is C88H128N8O24. The second-order valence-electron chi connectivity index (χ2n) is 33.6. The van der Waals surface area contributed by atoms with Gasteiger partial charge in [-0.3, -0.25) is 38.4 Å². The first kappa shape index (κ1) is 99.5. The summed E-state index contributed by atoms with van der Waals surface area (Å²) in [6.45, 7) is 27.4. The van der Waals surface area contributed by atoms with E-state index in [9.17, 15) is 58.8 Å². The molecule has 12 N–H and O–H groups in total. The van der Waals surface area contributed by atoms with Gasteiger partial charge in [0.2, 0.25) is 47.3 Å². The maximum absolute atomic E-state index is 15.8. The number of carbonyl (C=O) groups is 12. The van der Waals surface area contributed by atoms with Crippen molar-refractivity contribution >= 4 is 71.1 Å². The molecule has 5 rings (SSSR count). The lowest BCUT2D eigenvalue weighted by molar-refractivity contribution is -0.144. The van der Waals surface area contributed by atoms with Crippen molar-refractivity contribution in [2.75, 3.05) is 56.9 Å². The number of carboxylic acid groups (broad SMARTS) is 4. The highest BCUT2D eigenvalue weighted by Crippen LogP contribution is 2.53. The number of ether oxygens (including phenoxy) is 8. The summed E-state index contributed by atoms with van der Waals surface area (Å²) in [4.78, 5) is 172. The molecule has 120 heavy (non-hydrogen) atoms. The van der Waals surface area contributed by atoms with E-state index in [1.54, 1.807) is 79.7 Å². The van der Waals surface area contributed by atoms with Gasteiger partial charge in [0, 0.05) is 118 Å². The molecule has 1 aliphatic rings. The van der Waals surface area contributed by atoms with Gasteiger partial charge in [-0.15, -0.1) is 0 Å². The summed E-state index contributed by atoms with van der Waals surface area (Å²) in [5.41, 5.74) is 1.36. The van der Waals surface area contributed by atoms with Crippen LogP contribution in [0, 0.1) is 47.3 Å². The van der Waals surface area contributed by atoms with E-state index in [1.165, 1.54) is 81.1 Å². The molecule has 4 aromatic rings. The van der Waals surface area contributed by atoms with Crippen molar-refractivity contribution in [1.82, 2.24) is 42.5 Å². The molecule has 0 aromatic heterocycles. The van der Waals surface area contributed by atoms with Crippen molar-refractivity contribution in [3.63, 3.8) is 0 Å². The number of amides is 8. The van der Waals surface area contributed by atoms with E-state index in [-0.39, 0.29) is 140 Å². The first-order valence-corrected chi connectivity index (χ1v) is 40.7. The molecule has 1 aliphatic carbocycles. The zero-order valence-electron chi connectivity index (χ0n) is 73.8. The number of nitrogens with one attached hydrogen (secondary N) is 8. The van der Waals surface area contributed by atoms with Gasteiger partial charge in [0.15, 0.2) is 0 Å². The number of carboxylic acids is 4. The Morgan fingerprint density at radius 2 is 0.392 bits per heavy atom. The second kappa shape index (κ2) is 45.4. The van der Waals surface area contributed by atoms with Gasteiger partial charge in [0.25, 0.3) is 0 Å². The third kappa shape index (κ3) is 26.5. The molecule has 0 spiro atoms. The van der Waals surface area contributed by atoms with Crippen molar-refractivity contribution in [3.8, 4) is 46.0 Å². The summed E-state index contributed by atoms with van der Waals surface area (Å²) in [6, 6.07) is 1.79. The predicted molar refractivity (Wildman–Crippen MR) is 447 cm³/mol. The summed E-state index contributed by atoms with van der Waals surface area (Å²) in [5, 5.41) is 63.3. The van der Waals surface area contributed by atoms with E-state index >= 15 is 19.2 Å². The van der Waals surface area contributed by atoms with Crippen LogP contribution in [0.3, 0.4) is 0 Å². The smallest absolute Gasteiger partial charge is 0.326 e. The minimum absolute atomic E-state index is 0.0212. The Morgan fingerprint density at radius 3 is 0.500 bits per heavy atom. The minimum atomic E-state index is -1.37. The van der Waals surface area contributed by atoms with Gasteiger partial charge in [-0.05, 0) is 97.3 Å². The fraction of sp³-hybridized carbons (Fsp3) is 0.591. The molecule has 4 aromatic carbocycles. The summed E-state index contributed by atoms with van der Waals surface area (Å²) >= 11 is 0. The van der Waals surface area contributed by atoms with Crippen LogP contribution in [0.5, 0.6) is 46.0 Å². The number of benzene rings is 4. The van der Waals surface area contributed by atoms with Gasteiger partial charge < -0.3 is 101 Å². The first-order valence-electron chi connectivity index (χ1n) is 40.7. The maximum atomic E-state index is 15.8. The van der Waals surface area contributed by atoms with E-state index in [2.05, 4.69) is 42.5 Å². The number of carbonyl (C=O) groups excluding carboxylic acids is 8. The standard InChI is InChI=1S/C88H128N8O24/c1-41(2)25-61(81(101)93-77(45(9)10)85(105)106)89-73(97)33-49-53-29-55(67(115-19)37-65(53)113-17)50(34-74(98)90-62(26-42(3)4)82(102)94-78(46(11)12)86(107)108)57-31-59(71(119-23)39-69(57)117-21)52(36-76(100)92-64(28-44(7)8)84(104)96-80(48(15)16)88(111)112)60-32-58(70(118-22)40-72(60)120-24)51(56-30-54(49)66(114-18)38-68(56)116-20)35-75(99)91-63(27-43(5)6)83(103)95-79(47(13)14)87(109)110/h29-32,37-52,61-64,77-80H,25-28,33-36H2,1-24H3,(H,89,97)(H,90,98)(H,91,99)(H,92,100)(H,93,101)(H,94,102)(H,95,103)(H,96,104)(H,105,106)(H,107,108)(H,109,110)(H,111,112)/t49?,50?,51?,52?,61-,62-,63-,64-,77-,78-,79-,80-/m1/s1. The summed E-state index contributed by atoms with van der Waals surface area (Å²) in [7, 11) is 10.9. The van der Waals surface area contributed by atoms with Crippen LogP contribution in [0.25, 0.3) is 0 Å². The first-order chi connectivity index (χ1) is 56.3. The SMILES string of the molecule is COc1cc(OC)c2cc1C(CC(=O)N[C@H](CC(C)C)C(=O)N[C@@H](C(=O)O)C(C)C)c1cc(c(OC)cc1OC)C(CC(=O)N[C@H](CC(C)C)C(=O)N[C@@H](C(=O)O)C(C)C)c1cc(c(OC)cc1OC)C(CC(=O)N[C@H](CC(C)C)C(=O)N[C@@H](C(=O)O)C(C)C)c1cc(c(OC)cc1OC)C2CC(=O)N[C@H](CC(C)C)C(=O)N[C@@H](C(=O)O)C(C)C. The molecular weight excluding hydrogens is 1550 g/mol. The van der Waals surface area contributed by atoms with Gasteiger partial charge in [-0.1, -0.05) is 111 Å². The largest absolute Gasteiger partial charge is 0.496 e. The van der Waals surface area contributed by atoms with Crippen molar-refractivity contribution < 1.29 is 116 Å². The van der Waals surface area contributed by atoms with Crippen LogP contribution in [0.1, 0.15) is 230 Å². The lowest BCUT2D eigenvalue weighted by Gasteiger charge is -2.32. The Kier molecular flexibility index (Phi) is 37.6. The Hall–Kier alpha value is -11.1. The average molecular weight is 1680 g/mol. The molecule has 32 heteroatoms. The summed E-state index contributed by atoms with van der Waals surface area (Å²) in [6.07, 6.45) is -2.35. The monoisotopic (exact) mass is 1680 g/mol. The molecule has 8 bridgehead atoms. The Bertz CT molecular complexity index is 3650. The number of fused-ring (bicyclic) bond motifs is 8. The molecule has 0 heterocycles. The highest BCUT2D eigenvalue weighted by molar-refractivity contribution is 5.94. The molecule has 0 radical (unpaired) electrons. The number of aliphatic carboxylic acids is 4. The van der Waals surface area contributed by atoms with Gasteiger partial charge in [-0.2, -0.15) is 0 Å². The number of hydrogen-bond acceptors (Lipinski definition) is 20. The Labute approximate surface area is 703 Å². The third-order valence-corrected chi connectivity index (χ3v) is 21.2. The van der Waals surface area contributed by atoms with Gasteiger partial charge in [0.05, 0.1) is 56.9 Å². The zero-order valence-corrected chi connectivity index (χ0v) is 73.8. The molecule has 8 amide bonds. The Morgan fingerprint density at radius 1 is 0.250 bits per heavy atom. The van der Waals surface area contributed by atoms with Crippen molar-refractivity contribution in [2.24, 2.45) is 47.3 Å². The van der Waals surface area contributed by atoms with E-state index in [0.29, 0.717) is 0 Å². The summed E-state index contributed by atoms with van der Waals surface area (Å²) in [5.74, 6) is -19.9. The molecule has 664 valence electrons. The molecule has 0 fully saturated rings. The van der Waals surface area contributed by atoms with E-state index in [4.69, 9.17) is 37.9 Å². The van der Waals surface area contributed by atoms with Crippen LogP contribution < -0.4 is 80.4 Å². The predicted octanol–water partition coefficient (Wildman–Crippen LogP) is 9.18. The molecule has 0 saturated carbocycles. The van der Waals surface area contributed by atoms with Gasteiger partial charge in [-0.25, -0.2) is 19.2 Å². The fourth-order valence-corrected chi connectivity index (χ4v) is 15.2.